The van der Waals surface area contributed by atoms with Gasteiger partial charge in [-0.25, -0.2) is 9.18 Å². The monoisotopic (exact) mass is 331 g/mol. The standard InChI is InChI=1S/C18H22FN3O2/c19-14-5-7-15(8-6-14)20-18(24)21-16-9-10-22(12-16)17(23)11-13-3-1-2-4-13/h1,3,5-8,13,16H,2,4,9-12H2,(H2,20,21,24). The van der Waals surface area contributed by atoms with Gasteiger partial charge in [0.05, 0.1) is 0 Å². The fourth-order valence-electron chi connectivity index (χ4n) is 3.21. The number of amides is 3. The number of benzene rings is 1. The van der Waals surface area contributed by atoms with Crippen molar-refractivity contribution in [2.45, 2.75) is 31.7 Å². The molecule has 24 heavy (non-hydrogen) atoms. The SMILES string of the molecule is O=C(Nc1ccc(F)cc1)NC1CCN(C(=O)CC2C=CCC2)C1. The Kier molecular flexibility index (Phi) is 5.13. The van der Waals surface area contributed by atoms with E-state index in [0.29, 0.717) is 31.1 Å². The second kappa shape index (κ2) is 7.47. The number of carbonyl (C=O) groups excluding carboxylic acids is 2. The summed E-state index contributed by atoms with van der Waals surface area (Å²) in [4.78, 5) is 26.1. The number of carbonyl (C=O) groups is 2. The summed E-state index contributed by atoms with van der Waals surface area (Å²) in [7, 11) is 0. The average Bonchev–Trinajstić information content (AvgIpc) is 3.21. The third-order valence-electron chi connectivity index (χ3n) is 4.53. The third kappa shape index (κ3) is 4.34. The number of allylic oxidation sites excluding steroid dienone is 2. The van der Waals surface area contributed by atoms with E-state index in [1.165, 1.54) is 24.3 Å². The van der Waals surface area contributed by atoms with Crippen LogP contribution in [0.1, 0.15) is 25.7 Å². The van der Waals surface area contributed by atoms with Gasteiger partial charge < -0.3 is 15.5 Å². The van der Waals surface area contributed by atoms with Crippen molar-refractivity contribution in [3.8, 4) is 0 Å². The summed E-state index contributed by atoms with van der Waals surface area (Å²) < 4.78 is 12.8. The Morgan fingerprint density at radius 3 is 2.71 bits per heavy atom. The maximum atomic E-state index is 12.8. The van der Waals surface area contributed by atoms with Crippen molar-refractivity contribution in [2.75, 3.05) is 18.4 Å². The molecular weight excluding hydrogens is 309 g/mol. The quantitative estimate of drug-likeness (QED) is 0.834. The molecule has 1 heterocycles. The highest BCUT2D eigenvalue weighted by Crippen LogP contribution is 2.22. The molecule has 2 atom stereocenters. The fraction of sp³-hybridized carbons (Fsp3) is 0.444. The maximum Gasteiger partial charge on any atom is 0.319 e. The summed E-state index contributed by atoms with van der Waals surface area (Å²) in [6.07, 6.45) is 7.69. The van der Waals surface area contributed by atoms with Gasteiger partial charge in [0.25, 0.3) is 0 Å². The second-order valence-corrected chi connectivity index (χ2v) is 6.40. The molecule has 2 N–H and O–H groups in total. The zero-order chi connectivity index (χ0) is 16.9. The Bertz CT molecular complexity index is 630. The van der Waals surface area contributed by atoms with E-state index in [9.17, 15) is 14.0 Å². The molecule has 0 radical (unpaired) electrons. The Labute approximate surface area is 140 Å². The highest BCUT2D eigenvalue weighted by Gasteiger charge is 2.28. The summed E-state index contributed by atoms with van der Waals surface area (Å²) in [5.74, 6) is 0.184. The Balaban J connectivity index is 1.43. The minimum Gasteiger partial charge on any atom is -0.341 e. The van der Waals surface area contributed by atoms with Crippen LogP contribution < -0.4 is 10.6 Å². The van der Waals surface area contributed by atoms with E-state index in [1.807, 2.05) is 4.90 Å². The predicted octanol–water partition coefficient (Wildman–Crippen LogP) is 2.90. The van der Waals surface area contributed by atoms with Crippen molar-refractivity contribution in [1.82, 2.24) is 10.2 Å². The van der Waals surface area contributed by atoms with Gasteiger partial charge in [0, 0.05) is 31.2 Å². The summed E-state index contributed by atoms with van der Waals surface area (Å²) in [5.41, 5.74) is 0.535. The van der Waals surface area contributed by atoms with Crippen LogP contribution in [0.4, 0.5) is 14.9 Å². The van der Waals surface area contributed by atoms with Gasteiger partial charge in [-0.15, -0.1) is 0 Å². The molecule has 5 nitrogen and oxygen atoms in total. The first-order chi connectivity index (χ1) is 11.6. The normalized spacial score (nSPS) is 22.6. The number of urea groups is 1. The lowest BCUT2D eigenvalue weighted by molar-refractivity contribution is -0.130. The van der Waals surface area contributed by atoms with Crippen LogP contribution in [0.5, 0.6) is 0 Å². The topological polar surface area (TPSA) is 61.4 Å². The van der Waals surface area contributed by atoms with Crippen molar-refractivity contribution >= 4 is 17.6 Å². The van der Waals surface area contributed by atoms with Gasteiger partial charge in [-0.1, -0.05) is 12.2 Å². The van der Waals surface area contributed by atoms with Crippen molar-refractivity contribution in [3.05, 3.63) is 42.2 Å². The van der Waals surface area contributed by atoms with Gasteiger partial charge in [0.1, 0.15) is 5.82 Å². The number of rotatable bonds is 4. The average molecular weight is 331 g/mol. The molecule has 3 rings (SSSR count). The smallest absolute Gasteiger partial charge is 0.319 e. The summed E-state index contributed by atoms with van der Waals surface area (Å²) in [6, 6.07) is 5.22. The van der Waals surface area contributed by atoms with Crippen LogP contribution in [0.25, 0.3) is 0 Å². The molecule has 1 aliphatic carbocycles. The van der Waals surface area contributed by atoms with Gasteiger partial charge >= 0.3 is 6.03 Å². The third-order valence-corrected chi connectivity index (χ3v) is 4.53. The van der Waals surface area contributed by atoms with E-state index < -0.39 is 0 Å². The first-order valence-electron chi connectivity index (χ1n) is 8.37. The maximum absolute atomic E-state index is 12.8. The molecule has 2 unspecified atom stereocenters. The minimum absolute atomic E-state index is 0.0477. The van der Waals surface area contributed by atoms with Gasteiger partial charge in [-0.3, -0.25) is 4.79 Å². The zero-order valence-corrected chi connectivity index (χ0v) is 13.5. The van der Waals surface area contributed by atoms with Crippen LogP contribution in [-0.2, 0) is 4.79 Å². The highest BCUT2D eigenvalue weighted by molar-refractivity contribution is 5.89. The molecule has 0 spiro atoms. The van der Waals surface area contributed by atoms with E-state index >= 15 is 0 Å². The first kappa shape index (κ1) is 16.5. The minimum atomic E-state index is -0.344. The predicted molar refractivity (Wildman–Crippen MR) is 90.0 cm³/mol. The molecule has 2 aliphatic rings. The lowest BCUT2D eigenvalue weighted by Crippen LogP contribution is -2.40. The van der Waals surface area contributed by atoms with Crippen LogP contribution in [0.15, 0.2) is 36.4 Å². The van der Waals surface area contributed by atoms with Gasteiger partial charge in [0.2, 0.25) is 5.91 Å². The number of nitrogens with zero attached hydrogens (tertiary/aromatic N) is 1. The van der Waals surface area contributed by atoms with E-state index in [1.54, 1.807) is 0 Å². The molecule has 6 heteroatoms. The molecule has 0 bridgehead atoms. The highest BCUT2D eigenvalue weighted by atomic mass is 19.1. The summed E-state index contributed by atoms with van der Waals surface area (Å²) >= 11 is 0. The molecular formula is C18H22FN3O2. The van der Waals surface area contributed by atoms with Crippen LogP contribution in [0.2, 0.25) is 0 Å². The number of hydrogen-bond acceptors (Lipinski definition) is 2. The molecule has 128 valence electrons. The lowest BCUT2D eigenvalue weighted by Gasteiger charge is -2.19. The van der Waals surface area contributed by atoms with E-state index in [-0.39, 0.29) is 23.8 Å². The van der Waals surface area contributed by atoms with Crippen LogP contribution in [-0.4, -0.2) is 36.0 Å². The molecule has 1 aliphatic heterocycles. The number of halogens is 1. The zero-order valence-electron chi connectivity index (χ0n) is 13.5. The van der Waals surface area contributed by atoms with E-state index in [0.717, 1.165) is 19.3 Å². The van der Waals surface area contributed by atoms with Crippen molar-refractivity contribution in [2.24, 2.45) is 5.92 Å². The lowest BCUT2D eigenvalue weighted by atomic mass is 10.0. The molecule has 0 aromatic heterocycles. The van der Waals surface area contributed by atoms with Crippen LogP contribution >= 0.6 is 0 Å². The van der Waals surface area contributed by atoms with Crippen molar-refractivity contribution < 1.29 is 14.0 Å². The second-order valence-electron chi connectivity index (χ2n) is 6.40. The largest absolute Gasteiger partial charge is 0.341 e. The van der Waals surface area contributed by atoms with Gasteiger partial charge in [0.15, 0.2) is 0 Å². The molecule has 1 aromatic carbocycles. The molecule has 1 fully saturated rings. The Hall–Kier alpha value is -2.37. The molecule has 1 saturated heterocycles. The van der Waals surface area contributed by atoms with E-state index in [2.05, 4.69) is 22.8 Å². The van der Waals surface area contributed by atoms with Crippen molar-refractivity contribution in [3.63, 3.8) is 0 Å². The first-order valence-corrected chi connectivity index (χ1v) is 8.37. The number of hydrogen-bond donors (Lipinski definition) is 2. The van der Waals surface area contributed by atoms with Crippen LogP contribution in [0, 0.1) is 11.7 Å². The van der Waals surface area contributed by atoms with E-state index in [4.69, 9.17) is 0 Å². The Morgan fingerprint density at radius 2 is 2.00 bits per heavy atom. The van der Waals surface area contributed by atoms with Gasteiger partial charge in [-0.05, 0) is 49.4 Å². The number of likely N-dealkylation sites (tertiary alicyclic amines) is 1. The molecule has 0 saturated carbocycles. The molecule has 3 amide bonds. The molecule has 1 aromatic rings. The van der Waals surface area contributed by atoms with Gasteiger partial charge in [-0.2, -0.15) is 0 Å². The summed E-state index contributed by atoms with van der Waals surface area (Å²) in [5, 5.41) is 5.54. The number of nitrogens with one attached hydrogen (secondary N) is 2. The Morgan fingerprint density at radius 1 is 1.21 bits per heavy atom. The van der Waals surface area contributed by atoms with Crippen LogP contribution in [0.3, 0.4) is 0 Å². The number of anilines is 1. The fourth-order valence-corrected chi connectivity index (χ4v) is 3.21. The summed E-state index contributed by atoms with van der Waals surface area (Å²) in [6.45, 7) is 1.23. The van der Waals surface area contributed by atoms with Crippen molar-refractivity contribution in [1.29, 1.82) is 0 Å².